The van der Waals surface area contributed by atoms with Gasteiger partial charge >= 0.3 is 0 Å². The number of nitrogens with zero attached hydrogens (tertiary/aromatic N) is 2. The Morgan fingerprint density at radius 3 is 2.11 bits per heavy atom. The van der Waals surface area contributed by atoms with Crippen LogP contribution in [-0.4, -0.2) is 34.9 Å². The van der Waals surface area contributed by atoms with Gasteiger partial charge in [-0.2, -0.15) is 0 Å². The fourth-order valence-corrected chi connectivity index (χ4v) is 2.30. The first-order chi connectivity index (χ1) is 9.22. The van der Waals surface area contributed by atoms with E-state index in [4.69, 9.17) is 10.9 Å². The number of nitrogens with two attached hydrogens (primary N) is 1. The zero-order valence-electron chi connectivity index (χ0n) is 10.9. The molecule has 5 heteroatoms. The lowest BCUT2D eigenvalue weighted by Crippen LogP contribution is -2.31. The summed E-state index contributed by atoms with van der Waals surface area (Å²) in [4.78, 5) is 14.2. The van der Waals surface area contributed by atoms with Gasteiger partial charge in [0.05, 0.1) is 0 Å². The van der Waals surface area contributed by atoms with E-state index in [1.807, 2.05) is 4.90 Å². The van der Waals surface area contributed by atoms with Crippen LogP contribution in [0, 0.1) is 0 Å². The molecule has 1 aromatic rings. The molecule has 0 radical (unpaired) electrons. The molecule has 1 aromatic carbocycles. The maximum absolute atomic E-state index is 12.3. The van der Waals surface area contributed by atoms with Crippen LogP contribution in [0.15, 0.2) is 29.4 Å². The van der Waals surface area contributed by atoms with Gasteiger partial charge in [-0.15, -0.1) is 0 Å². The molecule has 0 atom stereocenters. The second-order valence-electron chi connectivity index (χ2n) is 4.77. The van der Waals surface area contributed by atoms with Gasteiger partial charge in [0.1, 0.15) is 0 Å². The highest BCUT2D eigenvalue weighted by molar-refractivity contribution is 5.99. The van der Waals surface area contributed by atoms with Crippen LogP contribution in [0.1, 0.15) is 41.6 Å². The van der Waals surface area contributed by atoms with Crippen LogP contribution in [0.2, 0.25) is 0 Å². The van der Waals surface area contributed by atoms with Gasteiger partial charge < -0.3 is 15.8 Å². The Hall–Kier alpha value is -2.04. The Bertz CT molecular complexity index is 460. The highest BCUT2D eigenvalue weighted by atomic mass is 16.4. The van der Waals surface area contributed by atoms with E-state index in [9.17, 15) is 4.79 Å². The monoisotopic (exact) mass is 261 g/mol. The quantitative estimate of drug-likeness (QED) is 0.369. The van der Waals surface area contributed by atoms with Gasteiger partial charge in [0, 0.05) is 24.2 Å². The minimum atomic E-state index is 0.0498. The predicted molar refractivity (Wildman–Crippen MR) is 73.3 cm³/mol. The van der Waals surface area contributed by atoms with Crippen LogP contribution in [0.25, 0.3) is 0 Å². The van der Waals surface area contributed by atoms with Crippen LogP contribution in [0.3, 0.4) is 0 Å². The Balaban J connectivity index is 2.10. The van der Waals surface area contributed by atoms with Gasteiger partial charge in [0.25, 0.3) is 5.91 Å². The van der Waals surface area contributed by atoms with Crippen molar-refractivity contribution in [3.05, 3.63) is 35.4 Å². The average molecular weight is 261 g/mol. The second-order valence-corrected chi connectivity index (χ2v) is 4.77. The normalized spacial score (nSPS) is 17.1. The molecule has 0 saturated carbocycles. The lowest BCUT2D eigenvalue weighted by Gasteiger charge is -2.20. The molecule has 0 aliphatic carbocycles. The molecule has 19 heavy (non-hydrogen) atoms. The minimum Gasteiger partial charge on any atom is -0.409 e. The average Bonchev–Trinajstić information content (AvgIpc) is 2.75. The Kier molecular flexibility index (Phi) is 4.39. The number of benzene rings is 1. The smallest absolute Gasteiger partial charge is 0.253 e. The van der Waals surface area contributed by atoms with Crippen LogP contribution < -0.4 is 5.73 Å². The van der Waals surface area contributed by atoms with Crippen molar-refractivity contribution in [2.75, 3.05) is 13.1 Å². The largest absolute Gasteiger partial charge is 0.409 e. The lowest BCUT2D eigenvalue weighted by atomic mass is 10.1. The third kappa shape index (κ3) is 3.24. The van der Waals surface area contributed by atoms with Gasteiger partial charge in [-0.1, -0.05) is 30.1 Å². The summed E-state index contributed by atoms with van der Waals surface area (Å²) in [6, 6.07) is 6.83. The first kappa shape index (κ1) is 13.4. The van der Waals surface area contributed by atoms with Crippen LogP contribution in [-0.2, 0) is 0 Å². The summed E-state index contributed by atoms with van der Waals surface area (Å²) >= 11 is 0. The van der Waals surface area contributed by atoms with Crippen molar-refractivity contribution in [2.45, 2.75) is 25.7 Å². The van der Waals surface area contributed by atoms with Crippen molar-refractivity contribution in [1.29, 1.82) is 0 Å². The van der Waals surface area contributed by atoms with Gasteiger partial charge in [-0.25, -0.2) is 0 Å². The summed E-state index contributed by atoms with van der Waals surface area (Å²) in [5, 5.41) is 11.5. The van der Waals surface area contributed by atoms with E-state index in [1.54, 1.807) is 24.3 Å². The molecular formula is C14H19N3O2. The lowest BCUT2D eigenvalue weighted by molar-refractivity contribution is 0.0761. The summed E-state index contributed by atoms with van der Waals surface area (Å²) in [6.45, 7) is 1.67. The fraction of sp³-hybridized carbons (Fsp3) is 0.429. The van der Waals surface area contributed by atoms with Crippen LogP contribution in [0.5, 0.6) is 0 Å². The standard InChI is InChI=1S/C14H19N3O2/c15-13(16-19)11-5-7-12(8-6-11)14(18)17-9-3-1-2-4-10-17/h5-8,19H,1-4,9-10H2,(H2,15,16). The summed E-state index contributed by atoms with van der Waals surface area (Å²) in [5.74, 6) is 0.113. The number of hydrogen-bond acceptors (Lipinski definition) is 3. The van der Waals surface area contributed by atoms with Crippen LogP contribution >= 0.6 is 0 Å². The molecule has 1 fully saturated rings. The molecule has 0 bridgehead atoms. The molecular weight excluding hydrogens is 242 g/mol. The number of carbonyl (C=O) groups excluding carboxylic acids is 1. The number of rotatable bonds is 2. The summed E-state index contributed by atoms with van der Waals surface area (Å²) in [6.07, 6.45) is 4.56. The zero-order valence-corrected chi connectivity index (χ0v) is 10.9. The molecule has 102 valence electrons. The number of amides is 1. The van der Waals surface area contributed by atoms with Gasteiger partial charge in [-0.3, -0.25) is 4.79 Å². The van der Waals surface area contributed by atoms with Gasteiger partial charge in [-0.05, 0) is 25.0 Å². The number of likely N-dealkylation sites (tertiary alicyclic amines) is 1. The van der Waals surface area contributed by atoms with Crippen molar-refractivity contribution in [1.82, 2.24) is 4.90 Å². The van der Waals surface area contributed by atoms with E-state index >= 15 is 0 Å². The van der Waals surface area contributed by atoms with E-state index in [2.05, 4.69) is 5.16 Å². The molecule has 1 amide bonds. The van der Waals surface area contributed by atoms with E-state index in [0.29, 0.717) is 11.1 Å². The molecule has 1 aliphatic heterocycles. The third-order valence-electron chi connectivity index (χ3n) is 3.43. The number of carbonyl (C=O) groups is 1. The van der Waals surface area contributed by atoms with Gasteiger partial charge in [0.2, 0.25) is 0 Å². The first-order valence-electron chi connectivity index (χ1n) is 6.59. The Labute approximate surface area is 112 Å². The number of amidine groups is 1. The topological polar surface area (TPSA) is 78.9 Å². The molecule has 0 unspecified atom stereocenters. The van der Waals surface area contributed by atoms with E-state index in [1.165, 1.54) is 12.8 Å². The number of oxime groups is 1. The molecule has 1 heterocycles. The highest BCUT2D eigenvalue weighted by Crippen LogP contribution is 2.14. The van der Waals surface area contributed by atoms with Crippen LogP contribution in [0.4, 0.5) is 0 Å². The second kappa shape index (κ2) is 6.22. The SMILES string of the molecule is N/C(=N\O)c1ccc(C(=O)N2CCCCCC2)cc1. The molecule has 1 saturated heterocycles. The Morgan fingerprint density at radius 1 is 1.05 bits per heavy atom. The highest BCUT2D eigenvalue weighted by Gasteiger charge is 2.17. The summed E-state index contributed by atoms with van der Waals surface area (Å²) < 4.78 is 0. The Morgan fingerprint density at radius 2 is 1.58 bits per heavy atom. The van der Waals surface area contributed by atoms with E-state index in [0.717, 1.165) is 25.9 Å². The molecule has 5 nitrogen and oxygen atoms in total. The van der Waals surface area contributed by atoms with Crippen molar-refractivity contribution in [3.63, 3.8) is 0 Å². The summed E-state index contributed by atoms with van der Waals surface area (Å²) in [7, 11) is 0. The third-order valence-corrected chi connectivity index (χ3v) is 3.43. The fourth-order valence-electron chi connectivity index (χ4n) is 2.30. The van der Waals surface area contributed by atoms with Crippen molar-refractivity contribution < 1.29 is 10.0 Å². The molecule has 1 aliphatic rings. The van der Waals surface area contributed by atoms with Crippen molar-refractivity contribution in [2.24, 2.45) is 10.9 Å². The predicted octanol–water partition coefficient (Wildman–Crippen LogP) is 1.80. The molecule has 2 rings (SSSR count). The van der Waals surface area contributed by atoms with Crippen molar-refractivity contribution >= 4 is 11.7 Å². The molecule has 0 spiro atoms. The molecule has 0 aromatic heterocycles. The maximum atomic E-state index is 12.3. The molecule has 3 N–H and O–H groups in total. The van der Waals surface area contributed by atoms with Crippen molar-refractivity contribution in [3.8, 4) is 0 Å². The van der Waals surface area contributed by atoms with E-state index < -0.39 is 0 Å². The van der Waals surface area contributed by atoms with Gasteiger partial charge in [0.15, 0.2) is 5.84 Å². The van der Waals surface area contributed by atoms with E-state index in [-0.39, 0.29) is 11.7 Å². The maximum Gasteiger partial charge on any atom is 0.253 e. The zero-order chi connectivity index (χ0) is 13.7. The number of hydrogen-bond donors (Lipinski definition) is 2. The summed E-state index contributed by atoms with van der Waals surface area (Å²) in [5.41, 5.74) is 6.74. The first-order valence-corrected chi connectivity index (χ1v) is 6.59. The minimum absolute atomic E-state index is 0.0498.